The molecule has 0 aliphatic carbocycles. The molecule has 1 saturated heterocycles. The Morgan fingerprint density at radius 1 is 1.42 bits per heavy atom. The number of hydrogen-bond donors (Lipinski definition) is 0. The fraction of sp³-hybridized carbons (Fsp3) is 0.818. The van der Waals surface area contributed by atoms with Crippen LogP contribution in [0, 0.1) is 10.1 Å². The molecule has 0 aromatic rings. The Bertz CT molecular complexity index is 434. The van der Waals surface area contributed by atoms with Crippen LogP contribution in [0.5, 0.6) is 0 Å². The van der Waals surface area contributed by atoms with Gasteiger partial charge in [-0.2, -0.15) is 0 Å². The molecule has 0 bridgehead atoms. The van der Waals surface area contributed by atoms with Crippen LogP contribution in [0.2, 0.25) is 0 Å². The highest BCUT2D eigenvalue weighted by atomic mass is 32.2. The summed E-state index contributed by atoms with van der Waals surface area (Å²) in [5, 5.41) is 10.8. The van der Waals surface area contributed by atoms with Gasteiger partial charge < -0.3 is 0 Å². The zero-order valence-electron chi connectivity index (χ0n) is 11.1. The SMILES string of the molecule is CCCCCCS(=O)(=O)N1CCCSC1=C[N+](=O)[O-]. The fourth-order valence-corrected chi connectivity index (χ4v) is 4.75. The van der Waals surface area contributed by atoms with E-state index in [2.05, 4.69) is 6.92 Å². The van der Waals surface area contributed by atoms with Crippen molar-refractivity contribution in [3.8, 4) is 0 Å². The van der Waals surface area contributed by atoms with Crippen molar-refractivity contribution in [1.82, 2.24) is 4.31 Å². The van der Waals surface area contributed by atoms with Crippen LogP contribution in [0.25, 0.3) is 0 Å². The van der Waals surface area contributed by atoms with Gasteiger partial charge in [0.2, 0.25) is 10.0 Å². The molecule has 1 heterocycles. The molecule has 0 unspecified atom stereocenters. The second-order valence-corrected chi connectivity index (χ2v) is 7.53. The van der Waals surface area contributed by atoms with Gasteiger partial charge in [-0.05, 0) is 12.8 Å². The molecule has 1 aliphatic rings. The second kappa shape index (κ2) is 7.74. The smallest absolute Gasteiger partial charge is 0.259 e. The van der Waals surface area contributed by atoms with Crippen molar-refractivity contribution >= 4 is 21.8 Å². The Hall–Kier alpha value is -0.760. The quantitative estimate of drug-likeness (QED) is 0.410. The third kappa shape index (κ3) is 5.40. The number of sulfonamides is 1. The molecule has 6 nitrogen and oxygen atoms in total. The standard InChI is InChI=1S/C11H20N2O4S2/c1-2-3-4-5-9-19(16,17)12-7-6-8-18-11(12)10-13(14)15/h10H,2-9H2,1H3. The summed E-state index contributed by atoms with van der Waals surface area (Å²) in [5.74, 6) is 0.796. The van der Waals surface area contributed by atoms with Crippen molar-refractivity contribution in [2.75, 3.05) is 18.1 Å². The van der Waals surface area contributed by atoms with Gasteiger partial charge in [0, 0.05) is 12.3 Å². The minimum atomic E-state index is -3.42. The third-order valence-corrected chi connectivity index (χ3v) is 5.89. The van der Waals surface area contributed by atoms with Crippen LogP contribution in [0.3, 0.4) is 0 Å². The summed E-state index contributed by atoms with van der Waals surface area (Å²) in [4.78, 5) is 9.94. The molecule has 0 amide bonds. The lowest BCUT2D eigenvalue weighted by molar-refractivity contribution is -0.403. The molecule has 1 fully saturated rings. The normalized spacial score (nSPS) is 18.8. The Kier molecular flexibility index (Phi) is 6.64. The molecule has 19 heavy (non-hydrogen) atoms. The first-order chi connectivity index (χ1) is 8.97. The Balaban J connectivity index is 2.70. The van der Waals surface area contributed by atoms with Gasteiger partial charge in [-0.15, -0.1) is 11.8 Å². The van der Waals surface area contributed by atoms with Gasteiger partial charge in [-0.3, -0.25) is 14.4 Å². The lowest BCUT2D eigenvalue weighted by atomic mass is 10.2. The molecule has 1 rings (SSSR count). The molecule has 0 aromatic heterocycles. The van der Waals surface area contributed by atoms with Crippen LogP contribution in [0.4, 0.5) is 0 Å². The minimum absolute atomic E-state index is 0.0720. The maximum atomic E-state index is 12.2. The van der Waals surface area contributed by atoms with E-state index in [4.69, 9.17) is 0 Å². The number of rotatable bonds is 7. The molecule has 0 atom stereocenters. The number of unbranched alkanes of at least 4 members (excludes halogenated alkanes) is 3. The first-order valence-electron chi connectivity index (χ1n) is 6.46. The van der Waals surface area contributed by atoms with Gasteiger partial charge in [0.05, 0.1) is 10.7 Å². The van der Waals surface area contributed by atoms with E-state index in [0.717, 1.165) is 37.6 Å². The van der Waals surface area contributed by atoms with E-state index in [1.807, 2.05) is 0 Å². The van der Waals surface area contributed by atoms with Crippen LogP contribution >= 0.6 is 11.8 Å². The summed E-state index contributed by atoms with van der Waals surface area (Å²) in [5.41, 5.74) is 0. The molecule has 110 valence electrons. The van der Waals surface area contributed by atoms with Crippen molar-refractivity contribution in [1.29, 1.82) is 0 Å². The highest BCUT2D eigenvalue weighted by Crippen LogP contribution is 2.29. The third-order valence-electron chi connectivity index (χ3n) is 2.81. The van der Waals surface area contributed by atoms with Crippen LogP contribution < -0.4 is 0 Å². The Morgan fingerprint density at radius 2 is 2.16 bits per heavy atom. The van der Waals surface area contributed by atoms with E-state index in [1.165, 1.54) is 16.1 Å². The van der Waals surface area contributed by atoms with Crippen LogP contribution in [0.15, 0.2) is 11.2 Å². The van der Waals surface area contributed by atoms with Crippen molar-refractivity contribution < 1.29 is 13.3 Å². The van der Waals surface area contributed by atoms with Crippen molar-refractivity contribution in [2.24, 2.45) is 0 Å². The number of thioether (sulfide) groups is 1. The average molecular weight is 308 g/mol. The fourth-order valence-electron chi connectivity index (χ4n) is 1.86. The maximum absolute atomic E-state index is 12.2. The zero-order chi connectivity index (χ0) is 14.3. The zero-order valence-corrected chi connectivity index (χ0v) is 12.7. The van der Waals surface area contributed by atoms with Crippen molar-refractivity contribution in [2.45, 2.75) is 39.0 Å². The molecule has 0 radical (unpaired) electrons. The van der Waals surface area contributed by atoms with Gasteiger partial charge in [0.25, 0.3) is 6.20 Å². The monoisotopic (exact) mass is 308 g/mol. The van der Waals surface area contributed by atoms with E-state index in [0.29, 0.717) is 13.0 Å². The van der Waals surface area contributed by atoms with Crippen LogP contribution in [0.1, 0.15) is 39.0 Å². The molecular weight excluding hydrogens is 288 g/mol. The maximum Gasteiger partial charge on any atom is 0.265 e. The lowest BCUT2D eigenvalue weighted by Gasteiger charge is -2.28. The number of nitro groups is 1. The summed E-state index contributed by atoms with van der Waals surface area (Å²) in [6.45, 7) is 2.41. The van der Waals surface area contributed by atoms with E-state index < -0.39 is 14.9 Å². The van der Waals surface area contributed by atoms with Gasteiger partial charge in [0.1, 0.15) is 0 Å². The summed E-state index contributed by atoms with van der Waals surface area (Å²) in [6, 6.07) is 0. The summed E-state index contributed by atoms with van der Waals surface area (Å²) in [7, 11) is -3.42. The van der Waals surface area contributed by atoms with Crippen molar-refractivity contribution in [3.05, 3.63) is 21.3 Å². The van der Waals surface area contributed by atoms with E-state index >= 15 is 0 Å². The summed E-state index contributed by atoms with van der Waals surface area (Å²) < 4.78 is 25.6. The first-order valence-corrected chi connectivity index (χ1v) is 9.05. The predicted octanol–water partition coefficient (Wildman–Crippen LogP) is 2.41. The summed E-state index contributed by atoms with van der Waals surface area (Å²) in [6.07, 6.45) is 5.09. The molecule has 0 N–H and O–H groups in total. The lowest BCUT2D eigenvalue weighted by Crippen LogP contribution is -2.35. The first kappa shape index (κ1) is 16.3. The van der Waals surface area contributed by atoms with E-state index in [1.54, 1.807) is 0 Å². The van der Waals surface area contributed by atoms with Gasteiger partial charge >= 0.3 is 0 Å². The molecule has 1 aliphatic heterocycles. The predicted molar refractivity (Wildman–Crippen MR) is 76.8 cm³/mol. The van der Waals surface area contributed by atoms with Crippen LogP contribution in [-0.2, 0) is 10.0 Å². The van der Waals surface area contributed by atoms with E-state index in [-0.39, 0.29) is 10.8 Å². The van der Waals surface area contributed by atoms with Gasteiger partial charge in [-0.25, -0.2) is 8.42 Å². The summed E-state index contributed by atoms with van der Waals surface area (Å²) >= 11 is 1.24. The average Bonchev–Trinajstić information content (AvgIpc) is 2.34. The largest absolute Gasteiger partial charge is 0.265 e. The molecule has 0 spiro atoms. The molecule has 0 aromatic carbocycles. The topological polar surface area (TPSA) is 80.5 Å². The molecule has 0 saturated carbocycles. The Morgan fingerprint density at radius 3 is 2.79 bits per heavy atom. The molecule has 8 heteroatoms. The van der Waals surface area contributed by atoms with E-state index in [9.17, 15) is 18.5 Å². The highest BCUT2D eigenvalue weighted by Gasteiger charge is 2.28. The van der Waals surface area contributed by atoms with Crippen molar-refractivity contribution in [3.63, 3.8) is 0 Å². The van der Waals surface area contributed by atoms with Gasteiger partial charge in [0.15, 0.2) is 5.03 Å². The second-order valence-electron chi connectivity index (χ2n) is 4.40. The highest BCUT2D eigenvalue weighted by molar-refractivity contribution is 8.04. The Labute approximate surface area is 118 Å². The van der Waals surface area contributed by atoms with Gasteiger partial charge in [-0.1, -0.05) is 26.2 Å². The minimum Gasteiger partial charge on any atom is -0.259 e. The molecular formula is C11H20N2O4S2. The van der Waals surface area contributed by atoms with Crippen LogP contribution in [-0.4, -0.2) is 35.7 Å². The number of hydrogen-bond acceptors (Lipinski definition) is 5. The number of nitrogens with zero attached hydrogens (tertiary/aromatic N) is 2.